The average molecular weight is 473 g/mol. The normalized spacial score (nSPS) is 19.3. The number of carbonyl (C=O) groups excluding carboxylic acids is 1. The van der Waals surface area contributed by atoms with Gasteiger partial charge in [-0.25, -0.2) is 14.6 Å². The standard InChI is InChI=1S/C25H28N8O2/c1-2-21(34)32-10-7-18(8-11-32)33-25-22-19(13-27-24(22)28-15-29-25)23(31-33)30-17-5-3-16(4-6-17)20-14-26-9-12-35-20/h2-6,13,15,18,20,26H,1,7-12,14H2,(H,30,31)(H,27,28,29). The molecule has 0 radical (unpaired) electrons. The number of aromatic nitrogens is 5. The molecule has 6 rings (SSSR count). The molecule has 3 N–H and O–H groups in total. The van der Waals surface area contributed by atoms with Crippen LogP contribution >= 0.6 is 0 Å². The van der Waals surface area contributed by atoms with Crippen molar-refractivity contribution in [1.82, 2.24) is 34.9 Å². The van der Waals surface area contributed by atoms with Crippen molar-refractivity contribution in [3.63, 3.8) is 0 Å². The molecule has 1 aromatic carbocycles. The quantitative estimate of drug-likeness (QED) is 0.383. The number of nitrogens with one attached hydrogen (secondary N) is 3. The maximum Gasteiger partial charge on any atom is 0.245 e. The van der Waals surface area contributed by atoms with E-state index in [1.165, 1.54) is 6.08 Å². The molecule has 0 bridgehead atoms. The van der Waals surface area contributed by atoms with Crippen LogP contribution in [0.15, 0.2) is 49.4 Å². The van der Waals surface area contributed by atoms with Gasteiger partial charge < -0.3 is 25.3 Å². The topological polar surface area (TPSA) is 113 Å². The second-order valence-electron chi connectivity index (χ2n) is 8.99. The van der Waals surface area contributed by atoms with E-state index in [2.05, 4.69) is 56.4 Å². The second-order valence-corrected chi connectivity index (χ2v) is 8.99. The van der Waals surface area contributed by atoms with Crippen molar-refractivity contribution in [2.45, 2.75) is 25.0 Å². The zero-order chi connectivity index (χ0) is 23.8. The minimum absolute atomic E-state index is 0.0249. The number of anilines is 2. The van der Waals surface area contributed by atoms with E-state index in [0.29, 0.717) is 13.1 Å². The number of likely N-dealkylation sites (tertiary alicyclic amines) is 1. The van der Waals surface area contributed by atoms with Crippen molar-refractivity contribution in [2.75, 3.05) is 38.1 Å². The highest BCUT2D eigenvalue weighted by molar-refractivity contribution is 6.09. The van der Waals surface area contributed by atoms with Gasteiger partial charge in [-0.15, -0.1) is 0 Å². The first-order valence-corrected chi connectivity index (χ1v) is 12.0. The van der Waals surface area contributed by atoms with Crippen LogP contribution in [0.5, 0.6) is 0 Å². The molecule has 180 valence electrons. The molecule has 10 heteroatoms. The van der Waals surface area contributed by atoms with Crippen molar-refractivity contribution >= 4 is 39.5 Å². The van der Waals surface area contributed by atoms with E-state index in [9.17, 15) is 4.79 Å². The zero-order valence-electron chi connectivity index (χ0n) is 19.4. The van der Waals surface area contributed by atoms with Gasteiger partial charge in [0.1, 0.15) is 5.65 Å². The lowest BCUT2D eigenvalue weighted by atomic mass is 10.0. The fraction of sp³-hybridized carbons (Fsp3) is 0.360. The summed E-state index contributed by atoms with van der Waals surface area (Å²) < 4.78 is 7.87. The van der Waals surface area contributed by atoms with Crippen LogP contribution in [0.4, 0.5) is 11.5 Å². The van der Waals surface area contributed by atoms with Crippen LogP contribution in [0, 0.1) is 0 Å². The predicted molar refractivity (Wildman–Crippen MR) is 134 cm³/mol. The summed E-state index contributed by atoms with van der Waals surface area (Å²) in [6.07, 6.45) is 6.54. The fourth-order valence-corrected chi connectivity index (χ4v) is 5.01. The van der Waals surface area contributed by atoms with Crippen LogP contribution in [0.25, 0.3) is 22.1 Å². The number of H-pyrrole nitrogens is 1. The first-order valence-electron chi connectivity index (χ1n) is 12.0. The molecule has 4 aromatic rings. The van der Waals surface area contributed by atoms with Gasteiger partial charge in [-0.1, -0.05) is 18.7 Å². The van der Waals surface area contributed by atoms with Crippen LogP contribution in [0.1, 0.15) is 30.6 Å². The SMILES string of the molecule is C=CC(=O)N1CCC(n2nc(Nc3ccc(C4CNCCO4)cc3)c3cnc4[nH]cnc2c43)CC1. The van der Waals surface area contributed by atoms with Crippen molar-refractivity contribution in [3.05, 3.63) is 55.0 Å². The molecule has 0 aliphatic carbocycles. The van der Waals surface area contributed by atoms with E-state index < -0.39 is 0 Å². The molecule has 5 heterocycles. The molecule has 0 spiro atoms. The summed E-state index contributed by atoms with van der Waals surface area (Å²) in [4.78, 5) is 26.2. The lowest BCUT2D eigenvalue weighted by Gasteiger charge is -2.32. The van der Waals surface area contributed by atoms with Crippen LogP contribution in [-0.4, -0.2) is 68.3 Å². The summed E-state index contributed by atoms with van der Waals surface area (Å²) in [5.41, 5.74) is 3.66. The molecule has 2 saturated heterocycles. The Morgan fingerprint density at radius 1 is 1.20 bits per heavy atom. The highest BCUT2D eigenvalue weighted by Crippen LogP contribution is 2.34. The van der Waals surface area contributed by atoms with E-state index in [0.717, 1.165) is 71.7 Å². The Hall–Kier alpha value is -3.76. The third kappa shape index (κ3) is 4.04. The van der Waals surface area contributed by atoms with Crippen molar-refractivity contribution in [1.29, 1.82) is 0 Å². The molecule has 1 unspecified atom stereocenters. The van der Waals surface area contributed by atoms with E-state index in [1.807, 2.05) is 15.8 Å². The molecule has 1 amide bonds. The highest BCUT2D eigenvalue weighted by atomic mass is 16.5. The Kier molecular flexibility index (Phi) is 5.67. The average Bonchev–Trinajstić information content (AvgIpc) is 3.36. The second kappa shape index (κ2) is 9.12. The number of hydrogen-bond donors (Lipinski definition) is 3. The summed E-state index contributed by atoms with van der Waals surface area (Å²) in [5, 5.41) is 13.7. The third-order valence-electron chi connectivity index (χ3n) is 6.89. The largest absolute Gasteiger partial charge is 0.371 e. The minimum Gasteiger partial charge on any atom is -0.371 e. The Bertz CT molecular complexity index is 1360. The van der Waals surface area contributed by atoms with Gasteiger partial charge in [0.05, 0.1) is 35.9 Å². The molecule has 10 nitrogen and oxygen atoms in total. The molecule has 2 aliphatic rings. The van der Waals surface area contributed by atoms with E-state index in [1.54, 1.807) is 6.33 Å². The first kappa shape index (κ1) is 21.8. The molecule has 0 saturated carbocycles. The molecule has 2 fully saturated rings. The van der Waals surface area contributed by atoms with Gasteiger partial charge in [0.15, 0.2) is 11.5 Å². The van der Waals surface area contributed by atoms with Crippen molar-refractivity contribution in [2.24, 2.45) is 0 Å². The molecule has 35 heavy (non-hydrogen) atoms. The van der Waals surface area contributed by atoms with Crippen molar-refractivity contribution < 1.29 is 9.53 Å². The molecular weight excluding hydrogens is 444 g/mol. The summed E-state index contributed by atoms with van der Waals surface area (Å²) in [6.45, 7) is 7.38. The number of morpholine rings is 1. The monoisotopic (exact) mass is 472 g/mol. The highest BCUT2D eigenvalue weighted by Gasteiger charge is 2.26. The zero-order valence-corrected chi connectivity index (χ0v) is 19.4. The maximum atomic E-state index is 12.0. The lowest BCUT2D eigenvalue weighted by Crippen LogP contribution is -2.38. The minimum atomic E-state index is -0.0249. The van der Waals surface area contributed by atoms with E-state index in [-0.39, 0.29) is 18.1 Å². The summed E-state index contributed by atoms with van der Waals surface area (Å²) >= 11 is 0. The van der Waals surface area contributed by atoms with Crippen LogP contribution in [-0.2, 0) is 9.53 Å². The summed E-state index contributed by atoms with van der Waals surface area (Å²) in [7, 11) is 0. The van der Waals surface area contributed by atoms with E-state index >= 15 is 0 Å². The van der Waals surface area contributed by atoms with E-state index in [4.69, 9.17) is 9.84 Å². The Labute approximate surface area is 202 Å². The third-order valence-corrected chi connectivity index (χ3v) is 6.89. The smallest absolute Gasteiger partial charge is 0.245 e. The van der Waals surface area contributed by atoms with Crippen LogP contribution in [0.2, 0.25) is 0 Å². The number of amides is 1. The van der Waals surface area contributed by atoms with Gasteiger partial charge in [-0.3, -0.25) is 4.79 Å². The Balaban J connectivity index is 1.32. The van der Waals surface area contributed by atoms with Gasteiger partial charge in [-0.2, -0.15) is 5.10 Å². The molecule has 2 aliphatic heterocycles. The Morgan fingerprint density at radius 2 is 2.03 bits per heavy atom. The summed E-state index contributed by atoms with van der Waals surface area (Å²) in [5.74, 6) is 0.706. The number of carbonyl (C=O) groups is 1. The number of piperidine rings is 1. The number of rotatable bonds is 5. The molecule has 1 atom stereocenters. The van der Waals surface area contributed by atoms with Crippen molar-refractivity contribution in [3.8, 4) is 0 Å². The number of benzene rings is 1. The first-order chi connectivity index (χ1) is 17.2. The number of hydrogen-bond acceptors (Lipinski definition) is 7. The lowest BCUT2D eigenvalue weighted by molar-refractivity contribution is -0.127. The molecule has 3 aromatic heterocycles. The molecular formula is C25H28N8O2. The summed E-state index contributed by atoms with van der Waals surface area (Å²) in [6, 6.07) is 8.42. The van der Waals surface area contributed by atoms with Gasteiger partial charge in [0.25, 0.3) is 0 Å². The number of aromatic amines is 1. The van der Waals surface area contributed by atoms with Crippen LogP contribution < -0.4 is 10.6 Å². The van der Waals surface area contributed by atoms with Gasteiger partial charge in [0, 0.05) is 38.1 Å². The van der Waals surface area contributed by atoms with Gasteiger partial charge in [-0.05, 0) is 36.6 Å². The predicted octanol–water partition coefficient (Wildman–Crippen LogP) is 3.06. The van der Waals surface area contributed by atoms with Gasteiger partial charge in [0.2, 0.25) is 5.91 Å². The Morgan fingerprint density at radius 3 is 2.77 bits per heavy atom. The maximum absolute atomic E-state index is 12.0. The van der Waals surface area contributed by atoms with Crippen LogP contribution in [0.3, 0.4) is 0 Å². The van der Waals surface area contributed by atoms with Gasteiger partial charge >= 0.3 is 0 Å². The number of nitrogens with zero attached hydrogens (tertiary/aromatic N) is 5. The number of ether oxygens (including phenoxy) is 1. The fourth-order valence-electron chi connectivity index (χ4n) is 5.01.